The minimum Gasteiger partial charge on any atom is -0.309 e. The van der Waals surface area contributed by atoms with Crippen LogP contribution >= 0.6 is 15.9 Å². The lowest BCUT2D eigenvalue weighted by Gasteiger charge is -2.18. The Balaban J connectivity index is 2.22. The molecule has 5 heteroatoms. The van der Waals surface area contributed by atoms with Gasteiger partial charge < -0.3 is 5.32 Å². The summed E-state index contributed by atoms with van der Waals surface area (Å²) in [6.45, 7) is 2.76. The smallest absolute Gasteiger partial charge is 0.141 e. The Labute approximate surface area is 125 Å². The number of halogens is 3. The van der Waals surface area contributed by atoms with Crippen molar-refractivity contribution in [1.82, 2.24) is 10.3 Å². The molecule has 1 atom stereocenters. The van der Waals surface area contributed by atoms with E-state index in [1.54, 1.807) is 12.1 Å². The Kier molecular flexibility index (Phi) is 5.20. The van der Waals surface area contributed by atoms with Gasteiger partial charge in [-0.15, -0.1) is 0 Å². The van der Waals surface area contributed by atoms with E-state index in [4.69, 9.17) is 0 Å². The minimum absolute atomic E-state index is 0.0395. The highest BCUT2D eigenvalue weighted by Crippen LogP contribution is 2.24. The van der Waals surface area contributed by atoms with Crippen LogP contribution in [-0.4, -0.2) is 11.5 Å². The summed E-state index contributed by atoms with van der Waals surface area (Å²) in [6.07, 6.45) is 1.85. The normalized spacial score (nSPS) is 12.4. The summed E-state index contributed by atoms with van der Waals surface area (Å²) in [6, 6.07) is 7.64. The SMILES string of the molecule is CCNC(Cc1ccc(F)cc1Br)c1ccc(F)cn1. The first-order valence-electron chi connectivity index (χ1n) is 6.39. The summed E-state index contributed by atoms with van der Waals surface area (Å²) in [4.78, 5) is 4.11. The predicted molar refractivity (Wildman–Crippen MR) is 78.4 cm³/mol. The van der Waals surface area contributed by atoms with Crippen molar-refractivity contribution in [3.8, 4) is 0 Å². The van der Waals surface area contributed by atoms with Crippen LogP contribution < -0.4 is 5.32 Å². The van der Waals surface area contributed by atoms with Crippen molar-refractivity contribution in [2.75, 3.05) is 6.54 Å². The summed E-state index contributed by atoms with van der Waals surface area (Å²) in [5.74, 6) is -0.632. The van der Waals surface area contributed by atoms with Crippen molar-refractivity contribution >= 4 is 15.9 Å². The van der Waals surface area contributed by atoms with Crippen LogP contribution in [0.25, 0.3) is 0 Å². The molecule has 1 N–H and O–H groups in total. The average Bonchev–Trinajstić information content (AvgIpc) is 2.42. The van der Waals surface area contributed by atoms with Gasteiger partial charge in [0, 0.05) is 4.47 Å². The molecule has 0 fully saturated rings. The first-order chi connectivity index (χ1) is 9.60. The van der Waals surface area contributed by atoms with Gasteiger partial charge in [-0.25, -0.2) is 8.78 Å². The summed E-state index contributed by atoms with van der Waals surface area (Å²) in [7, 11) is 0. The lowest BCUT2D eigenvalue weighted by atomic mass is 10.0. The lowest BCUT2D eigenvalue weighted by Crippen LogP contribution is -2.24. The van der Waals surface area contributed by atoms with Crippen molar-refractivity contribution in [2.24, 2.45) is 0 Å². The van der Waals surface area contributed by atoms with E-state index in [1.807, 2.05) is 6.92 Å². The molecule has 1 aromatic heterocycles. The third-order valence-electron chi connectivity index (χ3n) is 3.00. The molecule has 0 saturated carbocycles. The summed E-state index contributed by atoms with van der Waals surface area (Å²) < 4.78 is 26.8. The Bertz CT molecular complexity index is 573. The van der Waals surface area contributed by atoms with E-state index in [1.165, 1.54) is 24.4 Å². The van der Waals surface area contributed by atoms with Gasteiger partial charge in [0.15, 0.2) is 0 Å². The van der Waals surface area contributed by atoms with Gasteiger partial charge in [-0.3, -0.25) is 4.98 Å². The third-order valence-corrected chi connectivity index (χ3v) is 3.74. The van der Waals surface area contributed by atoms with Crippen LogP contribution in [0.1, 0.15) is 24.2 Å². The van der Waals surface area contributed by atoms with Gasteiger partial charge in [-0.05, 0) is 42.8 Å². The van der Waals surface area contributed by atoms with Crippen LogP contribution in [0.3, 0.4) is 0 Å². The van der Waals surface area contributed by atoms with E-state index in [0.717, 1.165) is 22.3 Å². The van der Waals surface area contributed by atoms with Crippen molar-refractivity contribution < 1.29 is 8.78 Å². The van der Waals surface area contributed by atoms with Gasteiger partial charge in [0.05, 0.1) is 17.9 Å². The molecule has 20 heavy (non-hydrogen) atoms. The fourth-order valence-corrected chi connectivity index (χ4v) is 2.54. The number of likely N-dealkylation sites (N-methyl/N-ethyl adjacent to an activating group) is 1. The quantitative estimate of drug-likeness (QED) is 0.889. The number of nitrogens with one attached hydrogen (secondary N) is 1. The Morgan fingerprint density at radius 2 is 1.95 bits per heavy atom. The van der Waals surface area contributed by atoms with E-state index < -0.39 is 0 Å². The van der Waals surface area contributed by atoms with Crippen molar-refractivity contribution in [3.63, 3.8) is 0 Å². The first-order valence-corrected chi connectivity index (χ1v) is 7.18. The number of pyridine rings is 1. The number of aromatic nitrogens is 1. The zero-order valence-electron chi connectivity index (χ0n) is 11.0. The molecule has 0 amide bonds. The summed E-state index contributed by atoms with van der Waals surface area (Å²) >= 11 is 3.36. The lowest BCUT2D eigenvalue weighted by molar-refractivity contribution is 0.530. The summed E-state index contributed by atoms with van der Waals surface area (Å²) in [5, 5.41) is 3.31. The molecule has 2 aromatic rings. The molecular formula is C15H15BrF2N2. The van der Waals surface area contributed by atoms with Crippen molar-refractivity contribution in [3.05, 3.63) is 63.9 Å². The van der Waals surface area contributed by atoms with Gasteiger partial charge in [0.1, 0.15) is 11.6 Å². The number of hydrogen-bond acceptors (Lipinski definition) is 2. The maximum absolute atomic E-state index is 13.1. The molecule has 1 unspecified atom stereocenters. The van der Waals surface area contributed by atoms with Gasteiger partial charge in [0.2, 0.25) is 0 Å². The van der Waals surface area contributed by atoms with Crippen LogP contribution in [0, 0.1) is 11.6 Å². The van der Waals surface area contributed by atoms with Gasteiger partial charge >= 0.3 is 0 Å². The molecule has 0 spiro atoms. The fourth-order valence-electron chi connectivity index (χ4n) is 2.03. The molecular weight excluding hydrogens is 326 g/mol. The Morgan fingerprint density at radius 1 is 1.20 bits per heavy atom. The second-order valence-corrected chi connectivity index (χ2v) is 5.31. The molecule has 0 aliphatic carbocycles. The Morgan fingerprint density at radius 3 is 2.55 bits per heavy atom. The van der Waals surface area contributed by atoms with Gasteiger partial charge in [0.25, 0.3) is 0 Å². The molecule has 106 valence electrons. The largest absolute Gasteiger partial charge is 0.309 e. The van der Waals surface area contributed by atoms with Crippen LogP contribution in [0.4, 0.5) is 8.78 Å². The van der Waals surface area contributed by atoms with Gasteiger partial charge in [-0.1, -0.05) is 28.9 Å². The number of hydrogen-bond donors (Lipinski definition) is 1. The predicted octanol–water partition coefficient (Wildman–Crippen LogP) is 4.02. The van der Waals surface area contributed by atoms with Crippen LogP contribution in [0.2, 0.25) is 0 Å². The zero-order valence-corrected chi connectivity index (χ0v) is 12.6. The molecule has 1 heterocycles. The number of benzene rings is 1. The van der Waals surface area contributed by atoms with Crippen LogP contribution in [0.5, 0.6) is 0 Å². The number of nitrogens with zero attached hydrogens (tertiary/aromatic N) is 1. The van der Waals surface area contributed by atoms with E-state index in [0.29, 0.717) is 6.42 Å². The van der Waals surface area contributed by atoms with Crippen LogP contribution in [0.15, 0.2) is 41.0 Å². The third kappa shape index (κ3) is 3.84. The topological polar surface area (TPSA) is 24.9 Å². The van der Waals surface area contributed by atoms with E-state index in [9.17, 15) is 8.78 Å². The number of rotatable bonds is 5. The van der Waals surface area contributed by atoms with Gasteiger partial charge in [-0.2, -0.15) is 0 Å². The second-order valence-electron chi connectivity index (χ2n) is 4.45. The van der Waals surface area contributed by atoms with E-state index >= 15 is 0 Å². The molecule has 2 rings (SSSR count). The first kappa shape index (κ1) is 15.1. The average molecular weight is 341 g/mol. The molecule has 0 saturated heterocycles. The highest BCUT2D eigenvalue weighted by atomic mass is 79.9. The molecule has 0 bridgehead atoms. The fraction of sp³-hybridized carbons (Fsp3) is 0.267. The van der Waals surface area contributed by atoms with E-state index in [2.05, 4.69) is 26.2 Å². The van der Waals surface area contributed by atoms with Crippen molar-refractivity contribution in [2.45, 2.75) is 19.4 Å². The maximum Gasteiger partial charge on any atom is 0.141 e. The summed E-state index contributed by atoms with van der Waals surface area (Å²) in [5.41, 5.74) is 1.74. The molecule has 1 aromatic carbocycles. The monoisotopic (exact) mass is 340 g/mol. The Hall–Kier alpha value is -1.33. The maximum atomic E-state index is 13.1. The highest BCUT2D eigenvalue weighted by Gasteiger charge is 2.14. The minimum atomic E-state index is -0.355. The molecule has 0 aliphatic heterocycles. The molecule has 2 nitrogen and oxygen atoms in total. The van der Waals surface area contributed by atoms with Crippen molar-refractivity contribution in [1.29, 1.82) is 0 Å². The zero-order chi connectivity index (χ0) is 14.5. The van der Waals surface area contributed by atoms with Crippen LogP contribution in [-0.2, 0) is 6.42 Å². The molecule has 0 radical (unpaired) electrons. The highest BCUT2D eigenvalue weighted by molar-refractivity contribution is 9.10. The second kappa shape index (κ2) is 6.90. The van der Waals surface area contributed by atoms with E-state index in [-0.39, 0.29) is 17.7 Å². The molecule has 0 aliphatic rings. The standard InChI is InChI=1S/C15H15BrF2N2/c1-2-19-15(14-6-5-12(18)9-20-14)7-10-3-4-11(17)8-13(10)16/h3-6,8-9,15,19H,2,7H2,1H3.